The lowest BCUT2D eigenvalue weighted by molar-refractivity contribution is -0.148. The molecule has 1 aliphatic carbocycles. The highest BCUT2D eigenvalue weighted by Crippen LogP contribution is 2.30. The number of hydrogen-bond donors (Lipinski definition) is 2. The van der Waals surface area contributed by atoms with Crippen molar-refractivity contribution in [2.24, 2.45) is 11.8 Å². The van der Waals surface area contributed by atoms with Crippen molar-refractivity contribution in [2.75, 3.05) is 18.6 Å². The van der Waals surface area contributed by atoms with Gasteiger partial charge in [0, 0.05) is 12.8 Å². The van der Waals surface area contributed by atoms with Gasteiger partial charge in [-0.15, -0.1) is 0 Å². The molecule has 1 rings (SSSR count). The molecule has 0 saturated heterocycles. The summed E-state index contributed by atoms with van der Waals surface area (Å²) in [6, 6.07) is 0. The van der Waals surface area contributed by atoms with Gasteiger partial charge in [-0.3, -0.25) is 9.59 Å². The molecule has 6 nitrogen and oxygen atoms in total. The van der Waals surface area contributed by atoms with E-state index in [0.29, 0.717) is 19.3 Å². The highest BCUT2D eigenvalue weighted by molar-refractivity contribution is 7.90. The van der Waals surface area contributed by atoms with Gasteiger partial charge in [0.25, 0.3) is 0 Å². The maximum Gasteiger partial charge on any atom is 0.307 e. The molecular weight excluding hydrogens is 270 g/mol. The fraction of sp³-hybridized carbons (Fsp3) is 0.833. The Morgan fingerprint density at radius 2 is 1.79 bits per heavy atom. The normalized spacial score (nSPS) is 23.8. The van der Waals surface area contributed by atoms with E-state index in [1.807, 2.05) is 0 Å². The van der Waals surface area contributed by atoms with E-state index in [0.717, 1.165) is 19.1 Å². The van der Waals surface area contributed by atoms with Gasteiger partial charge in [-0.25, -0.2) is 8.42 Å². The van der Waals surface area contributed by atoms with E-state index < -0.39 is 27.6 Å². The first-order valence-electron chi connectivity index (χ1n) is 6.49. The topological polar surface area (TPSA) is 101 Å². The summed E-state index contributed by atoms with van der Waals surface area (Å²) in [7, 11) is -3.02. The molecule has 0 aliphatic heterocycles. The number of aliphatic carboxylic acids is 1. The summed E-state index contributed by atoms with van der Waals surface area (Å²) in [4.78, 5) is 23.0. The molecule has 1 saturated carbocycles. The van der Waals surface area contributed by atoms with Gasteiger partial charge in [-0.2, -0.15) is 0 Å². The van der Waals surface area contributed by atoms with Crippen LogP contribution in [0.5, 0.6) is 0 Å². The summed E-state index contributed by atoms with van der Waals surface area (Å²) in [6.45, 7) is 0.273. The van der Waals surface area contributed by atoms with Crippen molar-refractivity contribution in [1.29, 1.82) is 0 Å². The van der Waals surface area contributed by atoms with Gasteiger partial charge in [0.1, 0.15) is 9.84 Å². The number of carbonyl (C=O) groups excluding carboxylic acids is 1. The van der Waals surface area contributed by atoms with Crippen LogP contribution in [0, 0.1) is 11.8 Å². The molecule has 0 heterocycles. The summed E-state index contributed by atoms with van der Waals surface area (Å²) in [5, 5.41) is 11.7. The molecule has 1 amide bonds. The van der Waals surface area contributed by atoms with Gasteiger partial charge >= 0.3 is 5.97 Å². The minimum atomic E-state index is -3.02. The Labute approximate surface area is 113 Å². The smallest absolute Gasteiger partial charge is 0.307 e. The number of carbonyl (C=O) groups is 2. The van der Waals surface area contributed by atoms with E-state index in [2.05, 4.69) is 5.32 Å². The van der Waals surface area contributed by atoms with Crippen molar-refractivity contribution >= 4 is 21.7 Å². The summed E-state index contributed by atoms with van der Waals surface area (Å²) in [6.07, 6.45) is 4.34. The van der Waals surface area contributed by atoms with Gasteiger partial charge in [0.15, 0.2) is 0 Å². The van der Waals surface area contributed by atoms with Gasteiger partial charge in [0.05, 0.1) is 17.6 Å². The van der Waals surface area contributed by atoms with Crippen LogP contribution < -0.4 is 5.32 Å². The fourth-order valence-corrected chi connectivity index (χ4v) is 3.09. The molecule has 0 aromatic rings. The number of amides is 1. The quantitative estimate of drug-likeness (QED) is 0.691. The monoisotopic (exact) mass is 291 g/mol. The zero-order valence-corrected chi connectivity index (χ0v) is 11.9. The molecule has 2 N–H and O–H groups in total. The van der Waals surface area contributed by atoms with Crippen LogP contribution >= 0.6 is 0 Å². The summed E-state index contributed by atoms with van der Waals surface area (Å²) < 4.78 is 21.9. The van der Waals surface area contributed by atoms with Crippen molar-refractivity contribution in [3.05, 3.63) is 0 Å². The summed E-state index contributed by atoms with van der Waals surface area (Å²) >= 11 is 0. The lowest BCUT2D eigenvalue weighted by atomic mass is 9.79. The standard InChI is InChI=1S/C12H21NO5S/c1-19(17,18)8-4-7-13-11(14)9-5-2-3-6-10(9)12(15)16/h9-10H,2-8H2,1H3,(H,13,14)(H,15,16). The average Bonchev–Trinajstić information content (AvgIpc) is 2.33. The molecule has 7 heteroatoms. The molecule has 0 spiro atoms. The van der Waals surface area contributed by atoms with Crippen LogP contribution in [0.4, 0.5) is 0 Å². The Morgan fingerprint density at radius 1 is 1.21 bits per heavy atom. The van der Waals surface area contributed by atoms with Crippen LogP contribution in [0.2, 0.25) is 0 Å². The molecule has 0 radical (unpaired) electrons. The fourth-order valence-electron chi connectivity index (χ4n) is 2.42. The SMILES string of the molecule is CS(=O)(=O)CCCNC(=O)C1CCCCC1C(=O)O. The second-order valence-electron chi connectivity index (χ2n) is 5.11. The third kappa shape index (κ3) is 5.59. The van der Waals surface area contributed by atoms with Crippen LogP contribution in [0.3, 0.4) is 0 Å². The molecule has 0 bridgehead atoms. The van der Waals surface area contributed by atoms with Crippen molar-refractivity contribution in [3.8, 4) is 0 Å². The Morgan fingerprint density at radius 3 is 2.32 bits per heavy atom. The molecule has 19 heavy (non-hydrogen) atoms. The molecule has 2 unspecified atom stereocenters. The number of carboxylic acids is 1. The molecule has 110 valence electrons. The van der Waals surface area contributed by atoms with Crippen LogP contribution in [0.25, 0.3) is 0 Å². The Kier molecular flexibility index (Phi) is 5.78. The van der Waals surface area contributed by atoms with E-state index in [-0.39, 0.29) is 18.2 Å². The predicted octanol–water partition coefficient (Wildman–Crippen LogP) is 0.428. The summed E-state index contributed by atoms with van der Waals surface area (Å²) in [5.74, 6) is -2.25. The minimum absolute atomic E-state index is 0.0281. The number of sulfone groups is 1. The van der Waals surface area contributed by atoms with Crippen LogP contribution in [-0.2, 0) is 19.4 Å². The van der Waals surface area contributed by atoms with E-state index in [4.69, 9.17) is 5.11 Å². The van der Waals surface area contributed by atoms with Gasteiger partial charge in [-0.1, -0.05) is 12.8 Å². The minimum Gasteiger partial charge on any atom is -0.481 e. The summed E-state index contributed by atoms with van der Waals surface area (Å²) in [5.41, 5.74) is 0. The third-order valence-corrected chi connectivity index (χ3v) is 4.44. The number of rotatable bonds is 6. The van der Waals surface area contributed by atoms with Gasteiger partial charge in [0.2, 0.25) is 5.91 Å². The molecule has 1 fully saturated rings. The Hall–Kier alpha value is -1.11. The van der Waals surface area contributed by atoms with E-state index in [1.165, 1.54) is 0 Å². The first-order chi connectivity index (χ1) is 8.81. The van der Waals surface area contributed by atoms with Crippen molar-refractivity contribution in [2.45, 2.75) is 32.1 Å². The van der Waals surface area contributed by atoms with E-state index in [9.17, 15) is 18.0 Å². The van der Waals surface area contributed by atoms with Crippen LogP contribution in [0.1, 0.15) is 32.1 Å². The largest absolute Gasteiger partial charge is 0.481 e. The van der Waals surface area contributed by atoms with Gasteiger partial charge in [-0.05, 0) is 19.3 Å². The maximum atomic E-state index is 11.9. The van der Waals surface area contributed by atoms with Crippen molar-refractivity contribution in [3.63, 3.8) is 0 Å². The van der Waals surface area contributed by atoms with Crippen LogP contribution in [0.15, 0.2) is 0 Å². The molecule has 0 aromatic carbocycles. The van der Waals surface area contributed by atoms with E-state index >= 15 is 0 Å². The molecule has 0 aromatic heterocycles. The molecular formula is C12H21NO5S. The number of carboxylic acid groups (broad SMARTS) is 1. The maximum absolute atomic E-state index is 11.9. The average molecular weight is 291 g/mol. The lowest BCUT2D eigenvalue weighted by Crippen LogP contribution is -2.40. The second-order valence-corrected chi connectivity index (χ2v) is 7.37. The molecule has 2 atom stereocenters. The zero-order valence-electron chi connectivity index (χ0n) is 11.1. The first kappa shape index (κ1) is 15.9. The Bertz CT molecular complexity index is 431. The zero-order chi connectivity index (χ0) is 14.5. The number of nitrogens with one attached hydrogen (secondary N) is 1. The Balaban J connectivity index is 2.41. The van der Waals surface area contributed by atoms with Gasteiger partial charge < -0.3 is 10.4 Å². The van der Waals surface area contributed by atoms with Crippen molar-refractivity contribution < 1.29 is 23.1 Å². The predicted molar refractivity (Wildman–Crippen MR) is 70.4 cm³/mol. The third-order valence-electron chi connectivity index (χ3n) is 3.41. The first-order valence-corrected chi connectivity index (χ1v) is 8.55. The van der Waals surface area contributed by atoms with Crippen LogP contribution in [-0.4, -0.2) is 44.0 Å². The highest BCUT2D eigenvalue weighted by Gasteiger charge is 2.35. The molecule has 1 aliphatic rings. The highest BCUT2D eigenvalue weighted by atomic mass is 32.2. The van der Waals surface area contributed by atoms with E-state index in [1.54, 1.807) is 0 Å². The number of hydrogen-bond acceptors (Lipinski definition) is 4. The van der Waals surface area contributed by atoms with Crippen molar-refractivity contribution in [1.82, 2.24) is 5.32 Å². The lowest BCUT2D eigenvalue weighted by Gasteiger charge is -2.27. The second kappa shape index (κ2) is 6.88.